The van der Waals surface area contributed by atoms with E-state index in [-0.39, 0.29) is 11.6 Å². The number of rotatable bonds is 8. The molecule has 2 heterocycles. The molecule has 1 aliphatic rings. The van der Waals surface area contributed by atoms with Crippen molar-refractivity contribution in [1.82, 2.24) is 9.55 Å². The molecule has 212 valence electrons. The molecule has 1 aromatic rings. The van der Waals surface area contributed by atoms with Crippen molar-refractivity contribution < 1.29 is 24.2 Å². The van der Waals surface area contributed by atoms with Crippen LogP contribution < -0.4 is 16.3 Å². The number of carbonyl (C=O) groups is 1. The van der Waals surface area contributed by atoms with Crippen LogP contribution in [0.4, 0.5) is 5.82 Å². The van der Waals surface area contributed by atoms with Crippen molar-refractivity contribution in [2.45, 2.75) is 107 Å². The molecule has 0 aromatic carbocycles. The molecule has 1 aliphatic heterocycles. The van der Waals surface area contributed by atoms with E-state index in [1.165, 1.54) is 10.8 Å². The Morgan fingerprint density at radius 1 is 1.16 bits per heavy atom. The first-order valence-electron chi connectivity index (χ1n) is 12.7. The fraction of sp³-hybridized carbons (Fsp3) is 0.800. The molecular weight excluding hydrogens is 508 g/mol. The lowest BCUT2D eigenvalue weighted by atomic mass is 9.87. The molecule has 4 atom stereocenters. The van der Waals surface area contributed by atoms with Crippen LogP contribution in [0.2, 0.25) is 36.3 Å². The molecule has 1 fully saturated rings. The summed E-state index contributed by atoms with van der Waals surface area (Å²) in [5.41, 5.74) is 2.90. The Hall–Kier alpha value is -1.58. The first-order chi connectivity index (χ1) is 16.4. The zero-order chi connectivity index (χ0) is 29.0. The van der Waals surface area contributed by atoms with E-state index < -0.39 is 62.6 Å². The molecule has 10 nitrogen and oxygen atoms in total. The van der Waals surface area contributed by atoms with Crippen molar-refractivity contribution in [2.24, 2.45) is 5.73 Å². The third-order valence-electron chi connectivity index (χ3n) is 9.04. The van der Waals surface area contributed by atoms with Gasteiger partial charge in [-0.2, -0.15) is 4.98 Å². The van der Waals surface area contributed by atoms with Gasteiger partial charge >= 0.3 is 5.69 Å². The summed E-state index contributed by atoms with van der Waals surface area (Å²) in [7, 11) is -1.79. The van der Waals surface area contributed by atoms with Crippen molar-refractivity contribution in [3.63, 3.8) is 0 Å². The van der Waals surface area contributed by atoms with Crippen LogP contribution >= 0.6 is 0 Å². The van der Waals surface area contributed by atoms with Gasteiger partial charge in [0, 0.05) is 20.3 Å². The van der Waals surface area contributed by atoms with Crippen molar-refractivity contribution in [2.75, 3.05) is 25.6 Å². The van der Waals surface area contributed by atoms with Gasteiger partial charge in [-0.1, -0.05) is 54.6 Å². The molecule has 0 bridgehead atoms. The lowest BCUT2D eigenvalue weighted by Crippen LogP contribution is -2.74. The molecule has 4 N–H and O–H groups in total. The van der Waals surface area contributed by atoms with Crippen LogP contribution in [0.3, 0.4) is 0 Å². The molecule has 37 heavy (non-hydrogen) atoms. The number of hydrogen-bond donors (Lipinski definition) is 3. The summed E-state index contributed by atoms with van der Waals surface area (Å²) in [5.74, 6) is -0.338. The lowest BCUT2D eigenvalue weighted by molar-refractivity contribution is -0.141. The fourth-order valence-corrected chi connectivity index (χ4v) is 8.84. The topological polar surface area (TPSA) is 140 Å². The highest BCUT2D eigenvalue weighted by Gasteiger charge is 2.74. The number of nitrogens with two attached hydrogens (primary N) is 1. The van der Waals surface area contributed by atoms with Crippen molar-refractivity contribution in [3.8, 4) is 0 Å². The maximum atomic E-state index is 13.2. The summed E-state index contributed by atoms with van der Waals surface area (Å²) in [5, 5.41) is 22.5. The molecule has 0 aliphatic carbocycles. The van der Waals surface area contributed by atoms with E-state index in [0.717, 1.165) is 0 Å². The molecule has 0 radical (unpaired) electrons. The number of primary amides is 1. The van der Waals surface area contributed by atoms with Crippen LogP contribution in [-0.4, -0.2) is 79.7 Å². The van der Waals surface area contributed by atoms with E-state index in [9.17, 15) is 19.8 Å². The number of aromatic nitrogens is 2. The quantitative estimate of drug-likeness (QED) is 0.415. The number of aliphatic hydroxyl groups is 2. The Kier molecular flexibility index (Phi) is 8.44. The summed E-state index contributed by atoms with van der Waals surface area (Å²) in [4.78, 5) is 31.4. The van der Waals surface area contributed by atoms with E-state index >= 15 is 0 Å². The minimum Gasteiger partial charge on any atom is -0.414 e. The Balaban J connectivity index is 2.80. The highest BCUT2D eigenvalue weighted by Crippen LogP contribution is 2.58. The first-order valence-corrected chi connectivity index (χ1v) is 18.6. The second-order valence-electron chi connectivity index (χ2n) is 13.6. The smallest absolute Gasteiger partial charge is 0.351 e. The minimum atomic E-state index is -3.03. The molecular formula is C25H48N4O6Si2. The summed E-state index contributed by atoms with van der Waals surface area (Å²) in [6.45, 7) is 20.2. The summed E-state index contributed by atoms with van der Waals surface area (Å²) in [6.07, 6.45) is -1.45. The third-order valence-corrected chi connectivity index (χ3v) is 19.9. The van der Waals surface area contributed by atoms with E-state index in [4.69, 9.17) is 14.9 Å². The SMILES string of the molecule is CN(C)c1ccn([C@@H]2O[C@H](CO[Si](C)(C)C(C)(C)C)[C@](O)(CC(N)=O)[C@]2(O)[Si](C)(C)C(C)(C)C)c(=O)n1. The van der Waals surface area contributed by atoms with Gasteiger partial charge in [-0.3, -0.25) is 9.36 Å². The number of ether oxygens (including phenoxy) is 1. The second-order valence-corrected chi connectivity index (χ2v) is 23.9. The monoisotopic (exact) mass is 556 g/mol. The maximum Gasteiger partial charge on any atom is 0.351 e. The predicted octanol–water partition coefficient (Wildman–Crippen LogP) is 2.61. The molecule has 12 heteroatoms. The van der Waals surface area contributed by atoms with Gasteiger partial charge in [0.25, 0.3) is 0 Å². The average Bonchev–Trinajstić information content (AvgIpc) is 2.92. The highest BCUT2D eigenvalue weighted by atomic mass is 28.4. The molecule has 0 unspecified atom stereocenters. The van der Waals surface area contributed by atoms with Gasteiger partial charge in [0.1, 0.15) is 30.8 Å². The standard InChI is InChI=1S/C25H48N4O6Si2/c1-22(2,3)36(9,10)25(33)20(29-14-13-19(28(7)8)27-21(29)31)35-17(24(25,32)15-18(26)30)16-34-37(11,12)23(4,5)6/h13-14,17,20,32-33H,15-16H2,1-12H3,(H2,26,30)/t17-,20-,24-,25-/m1/s1. The second kappa shape index (κ2) is 9.87. The van der Waals surface area contributed by atoms with Gasteiger partial charge in [-0.25, -0.2) is 4.79 Å². The van der Waals surface area contributed by atoms with Crippen LogP contribution in [0.15, 0.2) is 17.1 Å². The summed E-state index contributed by atoms with van der Waals surface area (Å²) in [6, 6.07) is 1.64. The molecule has 1 aromatic heterocycles. The largest absolute Gasteiger partial charge is 0.414 e. The van der Waals surface area contributed by atoms with Crippen LogP contribution in [0.25, 0.3) is 0 Å². The van der Waals surface area contributed by atoms with Crippen molar-refractivity contribution in [3.05, 3.63) is 22.7 Å². The Labute approximate surface area is 223 Å². The van der Waals surface area contributed by atoms with Crippen molar-refractivity contribution in [1.29, 1.82) is 0 Å². The summed E-state index contributed by atoms with van der Waals surface area (Å²) >= 11 is 0. The van der Waals surface area contributed by atoms with Gasteiger partial charge in [-0.05, 0) is 29.2 Å². The van der Waals surface area contributed by atoms with Crippen molar-refractivity contribution >= 4 is 28.1 Å². The van der Waals surface area contributed by atoms with Gasteiger partial charge < -0.3 is 30.0 Å². The number of anilines is 1. The van der Waals surface area contributed by atoms with Crippen LogP contribution in [0, 0.1) is 0 Å². The zero-order valence-electron chi connectivity index (χ0n) is 24.7. The average molecular weight is 557 g/mol. The molecule has 1 amide bonds. The molecule has 1 saturated heterocycles. The number of nitrogens with zero attached hydrogens (tertiary/aromatic N) is 3. The van der Waals surface area contributed by atoms with Gasteiger partial charge in [0.05, 0.1) is 13.0 Å². The van der Waals surface area contributed by atoms with Gasteiger partial charge in [0.15, 0.2) is 14.5 Å². The zero-order valence-corrected chi connectivity index (χ0v) is 26.7. The van der Waals surface area contributed by atoms with Crippen LogP contribution in [0.5, 0.6) is 0 Å². The number of amides is 1. The first kappa shape index (κ1) is 31.6. The van der Waals surface area contributed by atoms with E-state index in [2.05, 4.69) is 38.8 Å². The summed E-state index contributed by atoms with van der Waals surface area (Å²) < 4.78 is 14.0. The third kappa shape index (κ3) is 5.33. The van der Waals surface area contributed by atoms with E-state index in [1.54, 1.807) is 25.1 Å². The van der Waals surface area contributed by atoms with Gasteiger partial charge in [-0.15, -0.1) is 0 Å². The fourth-order valence-electron chi connectivity index (χ4n) is 4.54. The molecule has 0 saturated carbocycles. The molecule has 2 rings (SSSR count). The Morgan fingerprint density at radius 2 is 1.70 bits per heavy atom. The lowest BCUT2D eigenvalue weighted by Gasteiger charge is -2.54. The van der Waals surface area contributed by atoms with Gasteiger partial charge in [0.2, 0.25) is 5.91 Å². The van der Waals surface area contributed by atoms with Crippen LogP contribution in [0.1, 0.15) is 54.2 Å². The maximum absolute atomic E-state index is 13.2. The normalized spacial score (nSPS) is 27.4. The van der Waals surface area contributed by atoms with E-state index in [1.807, 2.05) is 33.9 Å². The minimum absolute atomic E-state index is 0.0638. The Morgan fingerprint density at radius 3 is 2.11 bits per heavy atom. The number of carbonyl (C=O) groups excluding carboxylic acids is 1. The predicted molar refractivity (Wildman–Crippen MR) is 151 cm³/mol. The Bertz CT molecular complexity index is 1060. The molecule has 0 spiro atoms. The number of hydrogen-bond acceptors (Lipinski definition) is 8. The highest BCUT2D eigenvalue weighted by molar-refractivity contribution is 6.83. The van der Waals surface area contributed by atoms with E-state index in [0.29, 0.717) is 5.82 Å². The van der Waals surface area contributed by atoms with Crippen LogP contribution in [-0.2, 0) is 14.0 Å².